The van der Waals surface area contributed by atoms with Gasteiger partial charge in [0.25, 0.3) is 0 Å². The van der Waals surface area contributed by atoms with Gasteiger partial charge in [0.2, 0.25) is 6.43 Å². The van der Waals surface area contributed by atoms with Gasteiger partial charge < -0.3 is 23.8 Å². The van der Waals surface area contributed by atoms with Crippen molar-refractivity contribution < 1.29 is 23.0 Å². The number of aromatic nitrogens is 2. The van der Waals surface area contributed by atoms with E-state index in [2.05, 4.69) is 4.98 Å². The van der Waals surface area contributed by atoms with Crippen LogP contribution in [0.15, 0.2) is 24.4 Å². The van der Waals surface area contributed by atoms with E-state index in [0.717, 1.165) is 17.2 Å². The Hall–Kier alpha value is -2.84. The van der Waals surface area contributed by atoms with Crippen LogP contribution in [0.4, 0.5) is 19.3 Å². The summed E-state index contributed by atoms with van der Waals surface area (Å²) >= 11 is 0. The minimum absolute atomic E-state index is 0.239. The molecule has 0 N–H and O–H groups in total. The average Bonchev–Trinajstić information content (AvgIpc) is 3.03. The van der Waals surface area contributed by atoms with Crippen molar-refractivity contribution in [2.24, 2.45) is 0 Å². The second-order valence-electron chi connectivity index (χ2n) is 9.07. The predicted octanol–water partition coefficient (Wildman–Crippen LogP) is 4.58. The zero-order valence-electron chi connectivity index (χ0n) is 19.6. The number of pyridine rings is 1. The number of carbonyl (C=O) groups is 1. The molecule has 1 unspecified atom stereocenters. The molecule has 0 aromatic carbocycles. The number of aryl methyl sites for hydroxylation is 2. The summed E-state index contributed by atoms with van der Waals surface area (Å²) in [6, 6.07) is 5.19. The van der Waals surface area contributed by atoms with E-state index in [1.165, 1.54) is 4.90 Å². The minimum atomic E-state index is -2.54. The van der Waals surface area contributed by atoms with Gasteiger partial charge in [-0.3, -0.25) is 0 Å². The Bertz CT molecular complexity index is 936. The summed E-state index contributed by atoms with van der Waals surface area (Å²) in [6.45, 7) is 10.2. The van der Waals surface area contributed by atoms with E-state index in [9.17, 15) is 13.6 Å². The van der Waals surface area contributed by atoms with Crippen LogP contribution in [0.1, 0.15) is 38.6 Å². The Balaban J connectivity index is 1.86. The first-order valence-corrected chi connectivity index (χ1v) is 10.7. The Morgan fingerprint density at radius 3 is 2.44 bits per heavy atom. The highest BCUT2D eigenvalue weighted by molar-refractivity contribution is 5.69. The number of rotatable bonds is 5. The molecule has 176 valence electrons. The van der Waals surface area contributed by atoms with Gasteiger partial charge in [-0.1, -0.05) is 0 Å². The molecule has 1 aliphatic heterocycles. The smallest absolute Gasteiger partial charge is 0.410 e. The molecule has 7 nitrogen and oxygen atoms in total. The molecular weight excluding hydrogens is 418 g/mol. The van der Waals surface area contributed by atoms with E-state index in [4.69, 9.17) is 9.47 Å². The van der Waals surface area contributed by atoms with Crippen molar-refractivity contribution in [2.75, 3.05) is 31.6 Å². The lowest BCUT2D eigenvalue weighted by Crippen LogP contribution is -2.56. The Kier molecular flexibility index (Phi) is 6.95. The van der Waals surface area contributed by atoms with E-state index in [1.54, 1.807) is 34.1 Å². The first-order chi connectivity index (χ1) is 15.0. The van der Waals surface area contributed by atoms with Crippen LogP contribution in [0.5, 0.6) is 5.75 Å². The summed E-state index contributed by atoms with van der Waals surface area (Å²) in [6.07, 6.45) is -1.82. The number of ether oxygens (including phenoxy) is 2. The number of hydrogen-bond acceptors (Lipinski definition) is 5. The van der Waals surface area contributed by atoms with Crippen molar-refractivity contribution in [3.05, 3.63) is 35.8 Å². The van der Waals surface area contributed by atoms with Crippen molar-refractivity contribution in [1.29, 1.82) is 0 Å². The second kappa shape index (κ2) is 9.34. The number of halogens is 2. The normalized spacial score (nSPS) is 17.1. The van der Waals surface area contributed by atoms with Crippen LogP contribution in [0, 0.1) is 13.8 Å². The molecule has 1 fully saturated rings. The van der Waals surface area contributed by atoms with Gasteiger partial charge in [-0.15, -0.1) is 0 Å². The van der Waals surface area contributed by atoms with Crippen LogP contribution in [0.3, 0.4) is 0 Å². The molecule has 1 amide bonds. The van der Waals surface area contributed by atoms with E-state index in [-0.39, 0.29) is 13.1 Å². The molecular formula is C23H32F2N4O3. The fourth-order valence-electron chi connectivity index (χ4n) is 4.01. The SMILES string of the molecule is COc1cc(-n2c(C)ccc2C)ncc1N1CCN(C(=O)OC(C)(C)C)C(CC(F)F)C1. The molecule has 1 aliphatic rings. The van der Waals surface area contributed by atoms with Gasteiger partial charge >= 0.3 is 6.09 Å². The lowest BCUT2D eigenvalue weighted by molar-refractivity contribution is 0.00521. The molecule has 1 atom stereocenters. The lowest BCUT2D eigenvalue weighted by atomic mass is 10.1. The topological polar surface area (TPSA) is 59.8 Å². The molecule has 32 heavy (non-hydrogen) atoms. The maximum Gasteiger partial charge on any atom is 0.410 e. The van der Waals surface area contributed by atoms with Crippen LogP contribution in [-0.4, -0.2) is 65.4 Å². The van der Waals surface area contributed by atoms with Crippen LogP contribution in [-0.2, 0) is 4.74 Å². The Morgan fingerprint density at radius 1 is 1.22 bits per heavy atom. The standard InChI is InChI=1S/C23H32F2N4O3/c1-15-7-8-16(2)29(15)21-12-19(31-6)18(13-26-21)27-9-10-28(17(14-27)11-20(24)25)22(30)32-23(3,4)5/h7-8,12-13,17,20H,9-11,14H2,1-6H3. The summed E-state index contributed by atoms with van der Waals surface area (Å²) in [4.78, 5) is 20.6. The molecule has 0 saturated carbocycles. The molecule has 0 radical (unpaired) electrons. The van der Waals surface area contributed by atoms with Crippen molar-refractivity contribution in [3.8, 4) is 11.6 Å². The first kappa shape index (κ1) is 23.8. The number of carbonyl (C=O) groups excluding carboxylic acids is 1. The first-order valence-electron chi connectivity index (χ1n) is 10.7. The fraction of sp³-hybridized carbons (Fsp3) is 0.565. The summed E-state index contributed by atoms with van der Waals surface area (Å²) in [5.41, 5.74) is 2.11. The summed E-state index contributed by atoms with van der Waals surface area (Å²) in [5, 5.41) is 0. The van der Waals surface area contributed by atoms with Gasteiger partial charge in [-0.25, -0.2) is 18.6 Å². The molecule has 9 heteroatoms. The third kappa shape index (κ3) is 5.31. The third-order valence-electron chi connectivity index (χ3n) is 5.45. The number of alkyl halides is 2. The van der Waals surface area contributed by atoms with Gasteiger partial charge in [-0.05, 0) is 46.8 Å². The summed E-state index contributed by atoms with van der Waals surface area (Å²) in [7, 11) is 1.57. The van der Waals surface area contributed by atoms with E-state index in [1.807, 2.05) is 41.5 Å². The van der Waals surface area contributed by atoms with Gasteiger partial charge in [0, 0.05) is 43.5 Å². The quantitative estimate of drug-likeness (QED) is 0.668. The van der Waals surface area contributed by atoms with Gasteiger partial charge in [-0.2, -0.15) is 0 Å². The van der Waals surface area contributed by atoms with Crippen LogP contribution < -0.4 is 9.64 Å². The van der Waals surface area contributed by atoms with Gasteiger partial charge in [0.05, 0.1) is 25.0 Å². The molecule has 0 spiro atoms. The number of hydrogen-bond donors (Lipinski definition) is 0. The molecule has 0 bridgehead atoms. The second-order valence-corrected chi connectivity index (χ2v) is 9.07. The van der Waals surface area contributed by atoms with Crippen molar-refractivity contribution >= 4 is 11.8 Å². The highest BCUT2D eigenvalue weighted by atomic mass is 19.3. The van der Waals surface area contributed by atoms with Crippen LogP contribution in [0.2, 0.25) is 0 Å². The molecule has 3 rings (SSSR count). The highest BCUT2D eigenvalue weighted by Gasteiger charge is 2.35. The van der Waals surface area contributed by atoms with E-state index < -0.39 is 30.6 Å². The Morgan fingerprint density at radius 2 is 1.88 bits per heavy atom. The number of methoxy groups -OCH3 is 1. The van der Waals surface area contributed by atoms with E-state index >= 15 is 0 Å². The summed E-state index contributed by atoms with van der Waals surface area (Å²) in [5.74, 6) is 1.33. The largest absolute Gasteiger partial charge is 0.494 e. The minimum Gasteiger partial charge on any atom is -0.494 e. The van der Waals surface area contributed by atoms with Crippen molar-refractivity contribution in [1.82, 2.24) is 14.5 Å². The number of nitrogens with zero attached hydrogens (tertiary/aromatic N) is 4. The van der Waals surface area contributed by atoms with Gasteiger partial charge in [0.15, 0.2) is 0 Å². The number of anilines is 1. The number of piperazine rings is 1. The predicted molar refractivity (Wildman–Crippen MR) is 119 cm³/mol. The maximum atomic E-state index is 13.3. The molecule has 2 aromatic heterocycles. The Labute approximate surface area is 187 Å². The summed E-state index contributed by atoms with van der Waals surface area (Å²) < 4.78 is 39.7. The zero-order valence-corrected chi connectivity index (χ0v) is 19.6. The van der Waals surface area contributed by atoms with Crippen molar-refractivity contribution in [2.45, 2.75) is 59.1 Å². The molecule has 3 heterocycles. The van der Waals surface area contributed by atoms with E-state index in [0.29, 0.717) is 18.0 Å². The lowest BCUT2D eigenvalue weighted by Gasteiger charge is -2.42. The highest BCUT2D eigenvalue weighted by Crippen LogP contribution is 2.32. The van der Waals surface area contributed by atoms with Crippen LogP contribution in [0.25, 0.3) is 5.82 Å². The van der Waals surface area contributed by atoms with Crippen LogP contribution >= 0.6 is 0 Å². The van der Waals surface area contributed by atoms with Crippen molar-refractivity contribution in [3.63, 3.8) is 0 Å². The number of amides is 1. The molecule has 1 saturated heterocycles. The third-order valence-corrected chi connectivity index (χ3v) is 5.45. The fourth-order valence-corrected chi connectivity index (χ4v) is 4.01. The zero-order chi connectivity index (χ0) is 23.6. The van der Waals surface area contributed by atoms with Gasteiger partial charge in [0.1, 0.15) is 17.2 Å². The maximum absolute atomic E-state index is 13.3. The molecule has 2 aromatic rings. The molecule has 0 aliphatic carbocycles. The monoisotopic (exact) mass is 450 g/mol. The average molecular weight is 451 g/mol.